The minimum Gasteiger partial charge on any atom is -0.501 e. The minimum absolute atomic E-state index is 0.156. The van der Waals surface area contributed by atoms with Crippen LogP contribution in [-0.4, -0.2) is 34.1 Å². The Balaban J connectivity index is 1.62. The number of hydrogen-bond donors (Lipinski definition) is 0. The number of carbonyl (C=O) groups is 1. The highest BCUT2D eigenvalue weighted by Gasteiger charge is 2.59. The summed E-state index contributed by atoms with van der Waals surface area (Å²) in [5.41, 5.74) is 3.46. The Morgan fingerprint density at radius 2 is 1.94 bits per heavy atom. The van der Waals surface area contributed by atoms with Crippen LogP contribution in [0, 0.1) is 29.1 Å². The molecular formula is C28H46O4Si. The zero-order valence-electron chi connectivity index (χ0n) is 22.3. The van der Waals surface area contributed by atoms with Gasteiger partial charge in [0.2, 0.25) is 0 Å². The Hall–Kier alpha value is -1.07. The third-order valence-electron chi connectivity index (χ3n) is 10.1. The van der Waals surface area contributed by atoms with Crippen LogP contribution in [0.2, 0.25) is 18.1 Å². The van der Waals surface area contributed by atoms with Crippen LogP contribution in [0.3, 0.4) is 0 Å². The summed E-state index contributed by atoms with van der Waals surface area (Å²) < 4.78 is 18.4. The summed E-state index contributed by atoms with van der Waals surface area (Å²) in [5.74, 6) is 3.21. The molecule has 186 valence electrons. The molecule has 2 fully saturated rings. The van der Waals surface area contributed by atoms with Gasteiger partial charge in [0.1, 0.15) is 0 Å². The van der Waals surface area contributed by atoms with Crippen LogP contribution < -0.4 is 0 Å². The lowest BCUT2D eigenvalue weighted by atomic mass is 9.52. The SMILES string of the molecule is COC1=CCC2=C(C1)C[C@@H](COC(C)=O)[C@@H]1[C@@H]2CC[C@]2(C)[C@@H](O[Si](C)(C)C(C)(C)C)CC[C@@H]12. The van der Waals surface area contributed by atoms with E-state index in [9.17, 15) is 4.79 Å². The molecule has 0 radical (unpaired) electrons. The van der Waals surface area contributed by atoms with Gasteiger partial charge >= 0.3 is 5.97 Å². The standard InChI is InChI=1S/C28H46O4Si/c1-18(29)31-17-20-15-19-16-21(30-6)9-10-22(19)23-13-14-28(5)24(26(20)23)11-12-25(28)32-33(7,8)27(2,3)4/h9,20,23-26H,10-17H2,1-8H3/t20-,23+,24-,25-,26+,28-/m0/s1. The summed E-state index contributed by atoms with van der Waals surface area (Å²) in [6, 6.07) is 0. The Morgan fingerprint density at radius 1 is 1.21 bits per heavy atom. The molecule has 5 heteroatoms. The lowest BCUT2D eigenvalue weighted by Crippen LogP contribution is -2.52. The topological polar surface area (TPSA) is 44.8 Å². The van der Waals surface area contributed by atoms with Crippen molar-refractivity contribution in [3.63, 3.8) is 0 Å². The summed E-state index contributed by atoms with van der Waals surface area (Å²) in [6.45, 7) is 16.5. The Kier molecular flexibility index (Phi) is 6.72. The number of fused-ring (bicyclic) bond motifs is 4. The van der Waals surface area contributed by atoms with E-state index >= 15 is 0 Å². The molecule has 0 aliphatic heterocycles. The molecule has 0 unspecified atom stereocenters. The van der Waals surface area contributed by atoms with Crippen molar-refractivity contribution in [2.45, 2.75) is 104 Å². The molecule has 0 spiro atoms. The average Bonchev–Trinajstić information content (AvgIpc) is 3.06. The quantitative estimate of drug-likeness (QED) is 0.244. The van der Waals surface area contributed by atoms with Gasteiger partial charge in [-0.05, 0) is 85.9 Å². The van der Waals surface area contributed by atoms with Crippen LogP contribution in [0.25, 0.3) is 0 Å². The lowest BCUT2D eigenvalue weighted by molar-refractivity contribution is -0.144. The van der Waals surface area contributed by atoms with E-state index in [4.69, 9.17) is 13.9 Å². The number of hydrogen-bond acceptors (Lipinski definition) is 4. The monoisotopic (exact) mass is 474 g/mol. The molecule has 0 aromatic heterocycles. The van der Waals surface area contributed by atoms with Crippen molar-refractivity contribution in [3.05, 3.63) is 23.0 Å². The predicted octanol–water partition coefficient (Wildman–Crippen LogP) is 7.02. The zero-order chi connectivity index (χ0) is 24.2. The maximum atomic E-state index is 11.7. The van der Waals surface area contributed by atoms with Crippen molar-refractivity contribution in [1.82, 2.24) is 0 Å². The normalized spacial score (nSPS) is 36.5. The van der Waals surface area contributed by atoms with E-state index in [1.165, 1.54) is 25.7 Å². The first kappa shape index (κ1) is 25.0. The molecule has 0 aromatic carbocycles. The first-order valence-electron chi connectivity index (χ1n) is 13.1. The lowest BCUT2D eigenvalue weighted by Gasteiger charge is -2.55. The molecule has 0 amide bonds. The van der Waals surface area contributed by atoms with Gasteiger partial charge in [-0.1, -0.05) is 38.8 Å². The van der Waals surface area contributed by atoms with Crippen LogP contribution in [0.4, 0.5) is 0 Å². The summed E-state index contributed by atoms with van der Waals surface area (Å²) in [6.07, 6.45) is 10.6. The molecule has 0 heterocycles. The molecule has 4 rings (SSSR count). The van der Waals surface area contributed by atoms with Gasteiger partial charge in [0.25, 0.3) is 0 Å². The predicted molar refractivity (Wildman–Crippen MR) is 135 cm³/mol. The van der Waals surface area contributed by atoms with Crippen molar-refractivity contribution in [2.24, 2.45) is 29.1 Å². The first-order chi connectivity index (χ1) is 15.4. The second-order valence-electron chi connectivity index (χ2n) is 12.9. The zero-order valence-corrected chi connectivity index (χ0v) is 23.3. The molecule has 0 bridgehead atoms. The van der Waals surface area contributed by atoms with Crippen LogP contribution >= 0.6 is 0 Å². The fourth-order valence-electron chi connectivity index (χ4n) is 7.32. The third kappa shape index (κ3) is 4.49. The van der Waals surface area contributed by atoms with Crippen LogP contribution in [-0.2, 0) is 18.7 Å². The van der Waals surface area contributed by atoms with Gasteiger partial charge in [-0.15, -0.1) is 0 Å². The molecule has 0 N–H and O–H groups in total. The number of methoxy groups -OCH3 is 1. The minimum atomic E-state index is -1.82. The number of rotatable bonds is 5. The molecule has 4 aliphatic carbocycles. The first-order valence-corrected chi connectivity index (χ1v) is 16.0. The number of ether oxygens (including phenoxy) is 2. The number of esters is 1. The smallest absolute Gasteiger partial charge is 0.302 e. The van der Waals surface area contributed by atoms with Crippen LogP contribution in [0.5, 0.6) is 0 Å². The van der Waals surface area contributed by atoms with Gasteiger partial charge in [-0.3, -0.25) is 4.79 Å². The molecule has 33 heavy (non-hydrogen) atoms. The van der Waals surface area contributed by atoms with Crippen molar-refractivity contribution >= 4 is 14.3 Å². The van der Waals surface area contributed by atoms with E-state index in [2.05, 4.69) is 46.9 Å². The van der Waals surface area contributed by atoms with E-state index in [0.717, 1.165) is 25.0 Å². The van der Waals surface area contributed by atoms with E-state index in [1.54, 1.807) is 25.2 Å². The van der Waals surface area contributed by atoms with Crippen LogP contribution in [0.1, 0.15) is 79.6 Å². The van der Waals surface area contributed by atoms with E-state index < -0.39 is 8.32 Å². The Morgan fingerprint density at radius 3 is 2.58 bits per heavy atom. The fraction of sp³-hybridized carbons (Fsp3) is 0.821. The Labute approximate surface area is 202 Å². The summed E-state index contributed by atoms with van der Waals surface area (Å²) in [4.78, 5) is 11.7. The highest BCUT2D eigenvalue weighted by Crippen LogP contribution is 2.63. The second-order valence-corrected chi connectivity index (χ2v) is 17.7. The van der Waals surface area contributed by atoms with E-state index in [-0.39, 0.29) is 16.4 Å². The van der Waals surface area contributed by atoms with Crippen molar-refractivity contribution < 1.29 is 18.7 Å². The maximum absolute atomic E-state index is 11.7. The van der Waals surface area contributed by atoms with Gasteiger partial charge in [-0.2, -0.15) is 0 Å². The highest BCUT2D eigenvalue weighted by molar-refractivity contribution is 6.74. The fourth-order valence-corrected chi connectivity index (χ4v) is 8.77. The number of carbonyl (C=O) groups excluding carboxylic acids is 1. The average molecular weight is 475 g/mol. The summed E-state index contributed by atoms with van der Waals surface area (Å²) in [7, 11) is -0.0400. The summed E-state index contributed by atoms with van der Waals surface area (Å²) >= 11 is 0. The molecule has 0 saturated heterocycles. The molecule has 6 atom stereocenters. The molecule has 4 aliphatic rings. The van der Waals surface area contributed by atoms with Crippen molar-refractivity contribution in [1.29, 1.82) is 0 Å². The van der Waals surface area contributed by atoms with E-state index in [1.807, 2.05) is 0 Å². The highest BCUT2D eigenvalue weighted by atomic mass is 28.4. The second kappa shape index (κ2) is 8.86. The maximum Gasteiger partial charge on any atom is 0.302 e. The molecule has 0 aromatic rings. The van der Waals surface area contributed by atoms with Crippen LogP contribution in [0.15, 0.2) is 23.0 Å². The Bertz CT molecular complexity index is 835. The van der Waals surface area contributed by atoms with Gasteiger partial charge < -0.3 is 13.9 Å². The largest absolute Gasteiger partial charge is 0.501 e. The number of allylic oxidation sites excluding steroid dienone is 3. The van der Waals surface area contributed by atoms with Crippen molar-refractivity contribution in [2.75, 3.05) is 13.7 Å². The van der Waals surface area contributed by atoms with E-state index in [0.29, 0.717) is 36.4 Å². The van der Waals surface area contributed by atoms with Gasteiger partial charge in [0.15, 0.2) is 8.32 Å². The third-order valence-corrected chi connectivity index (χ3v) is 14.6. The molecule has 2 saturated carbocycles. The van der Waals surface area contributed by atoms with Gasteiger partial charge in [0, 0.05) is 19.3 Å². The molecule has 4 nitrogen and oxygen atoms in total. The van der Waals surface area contributed by atoms with Crippen molar-refractivity contribution in [3.8, 4) is 0 Å². The summed E-state index contributed by atoms with van der Waals surface area (Å²) in [5, 5.41) is 0.231. The molecular weight excluding hydrogens is 428 g/mol. The van der Waals surface area contributed by atoms with Gasteiger partial charge in [-0.25, -0.2) is 0 Å². The van der Waals surface area contributed by atoms with Gasteiger partial charge in [0.05, 0.1) is 25.6 Å².